The quantitative estimate of drug-likeness (QED) is 0.848. The Morgan fingerprint density at radius 2 is 2.07 bits per heavy atom. The maximum Gasteiger partial charge on any atom is 0.317 e. The summed E-state index contributed by atoms with van der Waals surface area (Å²) in [5.41, 5.74) is 1.73. The van der Waals surface area contributed by atoms with Crippen LogP contribution in [0, 0.1) is 6.92 Å². The van der Waals surface area contributed by atoms with Crippen LogP contribution in [0.3, 0.4) is 0 Å². The SMILES string of the molecule is CCNC(=O)N1CCC[C@H](c2cccc(C(=O)NCc3ccc(C)o3)c2)C1. The molecule has 0 aliphatic carbocycles. The van der Waals surface area contributed by atoms with Crippen LogP contribution in [0.2, 0.25) is 0 Å². The highest BCUT2D eigenvalue weighted by Gasteiger charge is 2.24. The summed E-state index contributed by atoms with van der Waals surface area (Å²) in [4.78, 5) is 26.5. The predicted octanol–water partition coefficient (Wildman–Crippen LogP) is 3.43. The topological polar surface area (TPSA) is 74.6 Å². The van der Waals surface area contributed by atoms with Crippen molar-refractivity contribution in [2.24, 2.45) is 0 Å². The van der Waals surface area contributed by atoms with E-state index in [0.29, 0.717) is 25.2 Å². The van der Waals surface area contributed by atoms with Gasteiger partial charge in [0.2, 0.25) is 0 Å². The molecule has 6 heteroatoms. The van der Waals surface area contributed by atoms with Crippen LogP contribution in [-0.4, -0.2) is 36.5 Å². The molecule has 2 N–H and O–H groups in total. The molecule has 0 bridgehead atoms. The second-order valence-corrected chi connectivity index (χ2v) is 6.94. The van der Waals surface area contributed by atoms with E-state index in [-0.39, 0.29) is 17.9 Å². The number of urea groups is 1. The Kier molecular flexibility index (Phi) is 6.16. The first kappa shape index (κ1) is 19.0. The lowest BCUT2D eigenvalue weighted by atomic mass is 9.89. The van der Waals surface area contributed by atoms with Crippen molar-refractivity contribution in [1.82, 2.24) is 15.5 Å². The molecule has 144 valence electrons. The Labute approximate surface area is 159 Å². The van der Waals surface area contributed by atoms with E-state index < -0.39 is 0 Å². The van der Waals surface area contributed by atoms with E-state index >= 15 is 0 Å². The van der Waals surface area contributed by atoms with Crippen molar-refractivity contribution in [2.75, 3.05) is 19.6 Å². The van der Waals surface area contributed by atoms with E-state index in [9.17, 15) is 9.59 Å². The average Bonchev–Trinajstić information content (AvgIpc) is 3.12. The van der Waals surface area contributed by atoms with Gasteiger partial charge in [-0.3, -0.25) is 4.79 Å². The van der Waals surface area contributed by atoms with Gasteiger partial charge in [0.25, 0.3) is 5.91 Å². The molecule has 0 spiro atoms. The van der Waals surface area contributed by atoms with Gasteiger partial charge in [0, 0.05) is 31.1 Å². The summed E-state index contributed by atoms with van der Waals surface area (Å²) in [7, 11) is 0. The van der Waals surface area contributed by atoms with Crippen LogP contribution in [0.5, 0.6) is 0 Å². The number of amides is 3. The van der Waals surface area contributed by atoms with Gasteiger partial charge in [-0.25, -0.2) is 4.79 Å². The van der Waals surface area contributed by atoms with Gasteiger partial charge in [-0.1, -0.05) is 12.1 Å². The van der Waals surface area contributed by atoms with Crippen LogP contribution in [0.15, 0.2) is 40.8 Å². The molecule has 27 heavy (non-hydrogen) atoms. The van der Waals surface area contributed by atoms with E-state index in [0.717, 1.165) is 36.5 Å². The summed E-state index contributed by atoms with van der Waals surface area (Å²) in [6, 6.07) is 11.4. The highest BCUT2D eigenvalue weighted by Crippen LogP contribution is 2.27. The van der Waals surface area contributed by atoms with Crippen LogP contribution >= 0.6 is 0 Å². The minimum Gasteiger partial charge on any atom is -0.465 e. The predicted molar refractivity (Wildman–Crippen MR) is 104 cm³/mol. The lowest BCUT2D eigenvalue weighted by Crippen LogP contribution is -2.44. The largest absolute Gasteiger partial charge is 0.465 e. The molecule has 6 nitrogen and oxygen atoms in total. The molecular formula is C21H27N3O3. The molecule has 1 saturated heterocycles. The smallest absolute Gasteiger partial charge is 0.317 e. The number of hydrogen-bond acceptors (Lipinski definition) is 3. The standard InChI is InChI=1S/C21H27N3O3/c1-3-22-21(26)24-11-5-8-18(14-24)16-6-4-7-17(12-16)20(25)23-13-19-10-9-15(2)27-19/h4,6-7,9-10,12,18H,3,5,8,11,13-14H2,1-2H3,(H,22,26)(H,23,25)/t18-/m0/s1. The molecule has 3 rings (SSSR count). The lowest BCUT2D eigenvalue weighted by molar-refractivity contribution is 0.0947. The monoisotopic (exact) mass is 369 g/mol. The Hall–Kier alpha value is -2.76. The van der Waals surface area contributed by atoms with Crippen LogP contribution in [0.25, 0.3) is 0 Å². The van der Waals surface area contributed by atoms with E-state index in [4.69, 9.17) is 4.42 Å². The fourth-order valence-electron chi connectivity index (χ4n) is 3.48. The molecule has 2 aromatic rings. The molecule has 0 unspecified atom stereocenters. The van der Waals surface area contributed by atoms with Gasteiger partial charge in [-0.05, 0) is 56.5 Å². The molecule has 1 atom stereocenters. The van der Waals surface area contributed by atoms with E-state index in [1.807, 2.05) is 55.1 Å². The molecular weight excluding hydrogens is 342 g/mol. The number of benzene rings is 1. The molecule has 1 aliphatic heterocycles. The normalized spacial score (nSPS) is 16.8. The van der Waals surface area contributed by atoms with E-state index in [2.05, 4.69) is 10.6 Å². The van der Waals surface area contributed by atoms with Crippen LogP contribution in [0.1, 0.15) is 53.1 Å². The fourth-order valence-corrected chi connectivity index (χ4v) is 3.48. The number of piperidine rings is 1. The molecule has 1 aromatic carbocycles. The number of likely N-dealkylation sites (tertiary alicyclic amines) is 1. The zero-order valence-corrected chi connectivity index (χ0v) is 16.0. The first-order valence-electron chi connectivity index (χ1n) is 9.53. The maximum absolute atomic E-state index is 12.5. The molecule has 1 aromatic heterocycles. The lowest BCUT2D eigenvalue weighted by Gasteiger charge is -2.33. The first-order chi connectivity index (χ1) is 13.1. The fraction of sp³-hybridized carbons (Fsp3) is 0.429. The van der Waals surface area contributed by atoms with E-state index in [1.54, 1.807) is 0 Å². The molecule has 1 aliphatic rings. The van der Waals surface area contributed by atoms with Gasteiger partial charge < -0.3 is 20.0 Å². The van der Waals surface area contributed by atoms with Gasteiger partial charge in [0.05, 0.1) is 6.54 Å². The molecule has 0 saturated carbocycles. The third-order valence-electron chi connectivity index (χ3n) is 4.88. The van der Waals surface area contributed by atoms with Gasteiger partial charge in [-0.2, -0.15) is 0 Å². The third kappa shape index (κ3) is 4.90. The number of carbonyl (C=O) groups excluding carboxylic acids is 2. The van der Waals surface area contributed by atoms with Gasteiger partial charge >= 0.3 is 6.03 Å². The number of nitrogens with one attached hydrogen (secondary N) is 2. The van der Waals surface area contributed by atoms with Crippen molar-refractivity contribution in [1.29, 1.82) is 0 Å². The van der Waals surface area contributed by atoms with Gasteiger partial charge in [0.1, 0.15) is 11.5 Å². The zero-order valence-electron chi connectivity index (χ0n) is 16.0. The first-order valence-corrected chi connectivity index (χ1v) is 9.53. The number of nitrogens with zero attached hydrogens (tertiary/aromatic N) is 1. The Morgan fingerprint density at radius 3 is 2.81 bits per heavy atom. The van der Waals surface area contributed by atoms with E-state index in [1.165, 1.54) is 0 Å². The summed E-state index contributed by atoms with van der Waals surface area (Å²) in [6.45, 7) is 6.26. The third-order valence-corrected chi connectivity index (χ3v) is 4.88. The van der Waals surface area contributed by atoms with Crippen molar-refractivity contribution in [3.05, 3.63) is 59.0 Å². The Morgan fingerprint density at radius 1 is 1.22 bits per heavy atom. The summed E-state index contributed by atoms with van der Waals surface area (Å²) >= 11 is 0. The Bertz CT molecular complexity index is 799. The van der Waals surface area contributed by atoms with Crippen molar-refractivity contribution in [3.63, 3.8) is 0 Å². The second-order valence-electron chi connectivity index (χ2n) is 6.94. The number of furan rings is 1. The van der Waals surface area contributed by atoms with Crippen molar-refractivity contribution in [2.45, 2.75) is 39.2 Å². The van der Waals surface area contributed by atoms with Gasteiger partial charge in [-0.15, -0.1) is 0 Å². The Balaban J connectivity index is 1.63. The second kappa shape index (κ2) is 8.75. The minimum absolute atomic E-state index is 0.00941. The van der Waals surface area contributed by atoms with Crippen molar-refractivity contribution >= 4 is 11.9 Å². The molecule has 2 heterocycles. The van der Waals surface area contributed by atoms with Crippen LogP contribution in [-0.2, 0) is 6.54 Å². The highest BCUT2D eigenvalue weighted by atomic mass is 16.3. The summed E-state index contributed by atoms with van der Waals surface area (Å²) in [5.74, 6) is 1.70. The average molecular weight is 369 g/mol. The van der Waals surface area contributed by atoms with Crippen molar-refractivity contribution < 1.29 is 14.0 Å². The van der Waals surface area contributed by atoms with Gasteiger partial charge in [0.15, 0.2) is 0 Å². The highest BCUT2D eigenvalue weighted by molar-refractivity contribution is 5.94. The molecule has 0 radical (unpaired) electrons. The molecule has 1 fully saturated rings. The molecule has 3 amide bonds. The summed E-state index contributed by atoms with van der Waals surface area (Å²) in [5, 5.41) is 5.76. The van der Waals surface area contributed by atoms with Crippen LogP contribution in [0.4, 0.5) is 4.79 Å². The number of carbonyl (C=O) groups is 2. The van der Waals surface area contributed by atoms with Crippen molar-refractivity contribution in [3.8, 4) is 0 Å². The maximum atomic E-state index is 12.5. The number of aryl methyl sites for hydroxylation is 1. The minimum atomic E-state index is -0.123. The summed E-state index contributed by atoms with van der Waals surface area (Å²) < 4.78 is 5.48. The number of hydrogen-bond donors (Lipinski definition) is 2. The van der Waals surface area contributed by atoms with Crippen LogP contribution < -0.4 is 10.6 Å². The zero-order chi connectivity index (χ0) is 19.2. The number of rotatable bonds is 5. The summed E-state index contributed by atoms with van der Waals surface area (Å²) in [6.07, 6.45) is 1.99.